The molecular formula is C12H16ClN3. The van der Waals surface area contributed by atoms with Gasteiger partial charge in [0.1, 0.15) is 0 Å². The standard InChI is InChI=1S/C12H16ClN3/c1-2-15-6-3-7-16-12-5-4-10(9-14)8-11(12)13/h4-5,8,15-16H,2-3,6-7H2,1H3. The van der Waals surface area contributed by atoms with Crippen LogP contribution in [0.1, 0.15) is 18.9 Å². The number of rotatable bonds is 6. The van der Waals surface area contributed by atoms with Gasteiger partial charge in [0.05, 0.1) is 22.3 Å². The molecule has 3 nitrogen and oxygen atoms in total. The highest BCUT2D eigenvalue weighted by molar-refractivity contribution is 6.33. The molecule has 0 bridgehead atoms. The van der Waals surface area contributed by atoms with Crippen LogP contribution in [0.25, 0.3) is 0 Å². The van der Waals surface area contributed by atoms with Crippen LogP contribution in [0.3, 0.4) is 0 Å². The van der Waals surface area contributed by atoms with Crippen molar-refractivity contribution in [2.24, 2.45) is 0 Å². The van der Waals surface area contributed by atoms with Gasteiger partial charge in [0.2, 0.25) is 0 Å². The first-order valence-corrected chi connectivity index (χ1v) is 5.80. The lowest BCUT2D eigenvalue weighted by Crippen LogP contribution is -2.17. The molecular weight excluding hydrogens is 222 g/mol. The minimum absolute atomic E-state index is 0.586. The Labute approximate surface area is 101 Å². The van der Waals surface area contributed by atoms with Gasteiger partial charge in [0.25, 0.3) is 0 Å². The van der Waals surface area contributed by atoms with E-state index in [1.54, 1.807) is 12.1 Å². The first-order chi connectivity index (χ1) is 7.77. The molecule has 0 amide bonds. The predicted octanol–water partition coefficient (Wildman–Crippen LogP) is 2.62. The van der Waals surface area contributed by atoms with Crippen molar-refractivity contribution in [3.63, 3.8) is 0 Å². The molecule has 4 heteroatoms. The molecule has 0 spiro atoms. The highest BCUT2D eigenvalue weighted by atomic mass is 35.5. The minimum Gasteiger partial charge on any atom is -0.384 e. The second kappa shape index (κ2) is 7.10. The summed E-state index contributed by atoms with van der Waals surface area (Å²) in [6, 6.07) is 7.34. The Hall–Kier alpha value is -1.24. The van der Waals surface area contributed by atoms with Crippen LogP contribution in [0.5, 0.6) is 0 Å². The number of hydrogen-bond acceptors (Lipinski definition) is 3. The third-order valence-electron chi connectivity index (χ3n) is 2.19. The van der Waals surface area contributed by atoms with Gasteiger partial charge >= 0.3 is 0 Å². The number of nitrogens with one attached hydrogen (secondary N) is 2. The predicted molar refractivity (Wildman–Crippen MR) is 67.8 cm³/mol. The topological polar surface area (TPSA) is 47.8 Å². The van der Waals surface area contributed by atoms with Crippen LogP contribution in [0.2, 0.25) is 5.02 Å². The first-order valence-electron chi connectivity index (χ1n) is 5.42. The maximum Gasteiger partial charge on any atom is 0.0992 e. The summed E-state index contributed by atoms with van der Waals surface area (Å²) in [5.41, 5.74) is 1.47. The minimum atomic E-state index is 0.586. The number of nitrogens with zero attached hydrogens (tertiary/aromatic N) is 1. The fourth-order valence-corrected chi connectivity index (χ4v) is 1.59. The molecule has 1 rings (SSSR count). The zero-order chi connectivity index (χ0) is 11.8. The van der Waals surface area contributed by atoms with Crippen molar-refractivity contribution in [3.8, 4) is 6.07 Å². The molecule has 16 heavy (non-hydrogen) atoms. The Morgan fingerprint density at radius 2 is 2.19 bits per heavy atom. The van der Waals surface area contributed by atoms with Crippen LogP contribution < -0.4 is 10.6 Å². The largest absolute Gasteiger partial charge is 0.384 e. The molecule has 2 N–H and O–H groups in total. The maximum absolute atomic E-state index is 8.69. The fraction of sp³-hybridized carbons (Fsp3) is 0.417. The normalized spacial score (nSPS) is 9.81. The van der Waals surface area contributed by atoms with Crippen molar-refractivity contribution in [3.05, 3.63) is 28.8 Å². The van der Waals surface area contributed by atoms with Crippen molar-refractivity contribution < 1.29 is 0 Å². The monoisotopic (exact) mass is 237 g/mol. The highest BCUT2D eigenvalue weighted by Crippen LogP contribution is 2.22. The van der Waals surface area contributed by atoms with Crippen LogP contribution in [-0.2, 0) is 0 Å². The molecule has 0 atom stereocenters. The molecule has 0 aromatic heterocycles. The summed E-state index contributed by atoms with van der Waals surface area (Å²) < 4.78 is 0. The first kappa shape index (κ1) is 12.8. The van der Waals surface area contributed by atoms with E-state index in [1.807, 2.05) is 6.07 Å². The van der Waals surface area contributed by atoms with Gasteiger partial charge in [0, 0.05) is 6.54 Å². The molecule has 0 fully saturated rings. The molecule has 0 saturated heterocycles. The number of hydrogen-bond donors (Lipinski definition) is 2. The van der Waals surface area contributed by atoms with Crippen molar-refractivity contribution in [2.75, 3.05) is 25.0 Å². The second-order valence-corrected chi connectivity index (χ2v) is 3.85. The Bertz CT molecular complexity index is 371. The Kier molecular flexibility index (Phi) is 5.69. The van der Waals surface area contributed by atoms with Gasteiger partial charge in [-0.05, 0) is 37.7 Å². The van der Waals surface area contributed by atoms with Crippen LogP contribution >= 0.6 is 11.6 Å². The molecule has 0 heterocycles. The van der Waals surface area contributed by atoms with E-state index in [-0.39, 0.29) is 0 Å². The zero-order valence-corrected chi connectivity index (χ0v) is 10.1. The smallest absolute Gasteiger partial charge is 0.0992 e. The van der Waals surface area contributed by atoms with Gasteiger partial charge in [-0.25, -0.2) is 0 Å². The molecule has 86 valence electrons. The SMILES string of the molecule is CCNCCCNc1ccc(C#N)cc1Cl. The third-order valence-corrected chi connectivity index (χ3v) is 2.51. The number of anilines is 1. The van der Waals surface area contributed by atoms with Gasteiger partial charge in [-0.1, -0.05) is 18.5 Å². The Morgan fingerprint density at radius 3 is 2.81 bits per heavy atom. The van der Waals surface area contributed by atoms with Crippen LogP contribution in [0.4, 0.5) is 5.69 Å². The number of halogens is 1. The summed E-state index contributed by atoms with van der Waals surface area (Å²) in [6.07, 6.45) is 1.05. The van der Waals surface area contributed by atoms with E-state index in [0.717, 1.165) is 31.7 Å². The van der Waals surface area contributed by atoms with E-state index in [0.29, 0.717) is 10.6 Å². The summed E-state index contributed by atoms with van der Waals surface area (Å²) in [5, 5.41) is 15.8. The van der Waals surface area contributed by atoms with Gasteiger partial charge < -0.3 is 10.6 Å². The quantitative estimate of drug-likeness (QED) is 0.748. The van der Waals surface area contributed by atoms with Crippen LogP contribution in [0.15, 0.2) is 18.2 Å². The van der Waals surface area contributed by atoms with E-state index in [9.17, 15) is 0 Å². The lowest BCUT2D eigenvalue weighted by molar-refractivity contribution is 0.689. The average Bonchev–Trinajstić information content (AvgIpc) is 2.30. The molecule has 0 saturated carbocycles. The molecule has 0 aliphatic heterocycles. The van der Waals surface area contributed by atoms with E-state index in [2.05, 4.69) is 23.6 Å². The van der Waals surface area contributed by atoms with Gasteiger partial charge in [0.15, 0.2) is 0 Å². The van der Waals surface area contributed by atoms with Crippen molar-refractivity contribution in [1.29, 1.82) is 5.26 Å². The molecule has 0 aliphatic carbocycles. The van der Waals surface area contributed by atoms with E-state index >= 15 is 0 Å². The lowest BCUT2D eigenvalue weighted by atomic mass is 10.2. The van der Waals surface area contributed by atoms with Crippen molar-refractivity contribution >= 4 is 17.3 Å². The molecule has 0 aliphatic rings. The number of benzene rings is 1. The van der Waals surface area contributed by atoms with E-state index < -0.39 is 0 Å². The van der Waals surface area contributed by atoms with E-state index in [1.165, 1.54) is 0 Å². The summed E-state index contributed by atoms with van der Waals surface area (Å²) in [6.45, 7) is 4.96. The van der Waals surface area contributed by atoms with Gasteiger partial charge in [-0.15, -0.1) is 0 Å². The molecule has 1 aromatic carbocycles. The fourth-order valence-electron chi connectivity index (χ4n) is 1.34. The molecule has 0 radical (unpaired) electrons. The summed E-state index contributed by atoms with van der Waals surface area (Å²) >= 11 is 6.02. The van der Waals surface area contributed by atoms with Gasteiger partial charge in [-0.2, -0.15) is 5.26 Å². The highest BCUT2D eigenvalue weighted by Gasteiger charge is 2.00. The summed E-state index contributed by atoms with van der Waals surface area (Å²) in [7, 11) is 0. The average molecular weight is 238 g/mol. The molecule has 0 unspecified atom stereocenters. The van der Waals surface area contributed by atoms with Gasteiger partial charge in [-0.3, -0.25) is 0 Å². The zero-order valence-electron chi connectivity index (χ0n) is 9.39. The lowest BCUT2D eigenvalue weighted by Gasteiger charge is -2.08. The Balaban J connectivity index is 2.40. The third kappa shape index (κ3) is 4.09. The summed E-state index contributed by atoms with van der Waals surface area (Å²) in [4.78, 5) is 0. The Morgan fingerprint density at radius 1 is 1.38 bits per heavy atom. The number of nitriles is 1. The maximum atomic E-state index is 8.69. The van der Waals surface area contributed by atoms with Crippen LogP contribution in [0, 0.1) is 11.3 Å². The van der Waals surface area contributed by atoms with Crippen molar-refractivity contribution in [2.45, 2.75) is 13.3 Å². The summed E-state index contributed by atoms with van der Waals surface area (Å²) in [5.74, 6) is 0. The molecule has 1 aromatic rings. The van der Waals surface area contributed by atoms with Crippen LogP contribution in [-0.4, -0.2) is 19.6 Å². The van der Waals surface area contributed by atoms with Crippen molar-refractivity contribution in [1.82, 2.24) is 5.32 Å². The second-order valence-electron chi connectivity index (χ2n) is 3.44. The van der Waals surface area contributed by atoms with E-state index in [4.69, 9.17) is 16.9 Å².